The van der Waals surface area contributed by atoms with Gasteiger partial charge in [0.1, 0.15) is 0 Å². The third-order valence-electron chi connectivity index (χ3n) is 2.96. The van der Waals surface area contributed by atoms with Crippen molar-refractivity contribution in [2.75, 3.05) is 0 Å². The van der Waals surface area contributed by atoms with Crippen molar-refractivity contribution in [2.24, 2.45) is 0 Å². The van der Waals surface area contributed by atoms with Gasteiger partial charge in [-0.15, -0.1) is 0 Å². The Labute approximate surface area is 108 Å². The molecule has 0 bridgehead atoms. The summed E-state index contributed by atoms with van der Waals surface area (Å²) in [6, 6.07) is 7.73. The van der Waals surface area contributed by atoms with Crippen molar-refractivity contribution in [3.05, 3.63) is 35.4 Å². The van der Waals surface area contributed by atoms with E-state index in [0.717, 1.165) is 11.1 Å². The third kappa shape index (κ3) is 4.15. The first-order valence-corrected chi connectivity index (χ1v) is 6.14. The zero-order valence-electron chi connectivity index (χ0n) is 11.5. The molecule has 0 aliphatic heterocycles. The maximum absolute atomic E-state index is 10.9. The minimum atomic E-state index is -0.807. The van der Waals surface area contributed by atoms with Crippen LogP contribution in [0.2, 0.25) is 0 Å². The van der Waals surface area contributed by atoms with E-state index in [9.17, 15) is 9.90 Å². The molecule has 0 unspecified atom stereocenters. The van der Waals surface area contributed by atoms with Crippen molar-refractivity contribution >= 4 is 5.97 Å². The van der Waals surface area contributed by atoms with Gasteiger partial charge < -0.3 is 10.2 Å². The molecule has 0 heterocycles. The van der Waals surface area contributed by atoms with E-state index in [1.54, 1.807) is 13.8 Å². The zero-order valence-corrected chi connectivity index (χ0v) is 11.5. The van der Waals surface area contributed by atoms with Gasteiger partial charge >= 0.3 is 5.97 Å². The molecular formula is C15H22O3. The Bertz CT molecular complexity index is 428. The molecule has 3 heteroatoms. The third-order valence-corrected chi connectivity index (χ3v) is 2.96. The Hall–Kier alpha value is -1.35. The summed E-state index contributed by atoms with van der Waals surface area (Å²) in [6.45, 7) is 7.36. The summed E-state index contributed by atoms with van der Waals surface area (Å²) in [4.78, 5) is 10.9. The number of carboxylic acid groups (broad SMARTS) is 1. The second-order valence-electron chi connectivity index (χ2n) is 6.10. The molecule has 2 N–H and O–H groups in total. The van der Waals surface area contributed by atoms with Crippen LogP contribution in [0.3, 0.4) is 0 Å². The summed E-state index contributed by atoms with van der Waals surface area (Å²) in [5.41, 5.74) is 0.772. The van der Waals surface area contributed by atoms with Crippen molar-refractivity contribution in [1.82, 2.24) is 0 Å². The molecule has 0 aliphatic rings. The first kappa shape index (κ1) is 14.7. The highest BCUT2D eigenvalue weighted by Gasteiger charge is 2.28. The summed E-state index contributed by atoms with van der Waals surface area (Å²) in [7, 11) is 0. The summed E-state index contributed by atoms with van der Waals surface area (Å²) in [6.07, 6.45) is 0.599. The van der Waals surface area contributed by atoms with Crippen LogP contribution in [0.1, 0.15) is 45.2 Å². The molecule has 1 aromatic rings. The van der Waals surface area contributed by atoms with Gasteiger partial charge in [0, 0.05) is 11.8 Å². The normalized spacial score (nSPS) is 12.5. The Morgan fingerprint density at radius 1 is 1.17 bits per heavy atom. The van der Waals surface area contributed by atoms with Gasteiger partial charge in [-0.3, -0.25) is 4.79 Å². The first-order chi connectivity index (χ1) is 8.12. The van der Waals surface area contributed by atoms with E-state index in [0.29, 0.717) is 6.42 Å². The molecule has 100 valence electrons. The lowest BCUT2D eigenvalue weighted by Crippen LogP contribution is -2.27. The van der Waals surface area contributed by atoms with E-state index >= 15 is 0 Å². The van der Waals surface area contributed by atoms with Gasteiger partial charge in [0.15, 0.2) is 0 Å². The van der Waals surface area contributed by atoms with Gasteiger partial charge in [0.25, 0.3) is 0 Å². The summed E-state index contributed by atoms with van der Waals surface area (Å²) in [5, 5.41) is 18.9. The fourth-order valence-electron chi connectivity index (χ4n) is 2.27. The Morgan fingerprint density at radius 3 is 2.22 bits per heavy atom. The van der Waals surface area contributed by atoms with Gasteiger partial charge in [0.2, 0.25) is 0 Å². The van der Waals surface area contributed by atoms with Crippen molar-refractivity contribution < 1.29 is 15.0 Å². The van der Waals surface area contributed by atoms with Crippen LogP contribution >= 0.6 is 0 Å². The molecule has 18 heavy (non-hydrogen) atoms. The molecule has 1 rings (SSSR count). The Morgan fingerprint density at radius 2 is 1.72 bits per heavy atom. The molecule has 0 saturated heterocycles. The zero-order chi connectivity index (χ0) is 14.0. The quantitative estimate of drug-likeness (QED) is 0.844. The Kier molecular flexibility index (Phi) is 4.17. The SMILES string of the molecule is CC(C)(O)Cc1ccccc1C(C)(C)CC(=O)O. The van der Waals surface area contributed by atoms with Crippen LogP contribution in [0.25, 0.3) is 0 Å². The second kappa shape index (κ2) is 5.11. The summed E-state index contributed by atoms with van der Waals surface area (Å²) in [5.74, 6) is -0.807. The van der Waals surface area contributed by atoms with Gasteiger partial charge in [-0.2, -0.15) is 0 Å². The van der Waals surface area contributed by atoms with E-state index in [-0.39, 0.29) is 6.42 Å². The molecule has 0 fully saturated rings. The maximum Gasteiger partial charge on any atom is 0.304 e. The molecule has 0 amide bonds. The molecular weight excluding hydrogens is 228 g/mol. The minimum absolute atomic E-state index is 0.0792. The standard InChI is InChI=1S/C15H22O3/c1-14(2,10-13(16)17)12-8-6-5-7-11(12)9-15(3,4)18/h5-8,18H,9-10H2,1-4H3,(H,16,17). The maximum atomic E-state index is 10.9. The van der Waals surface area contributed by atoms with Gasteiger partial charge in [-0.25, -0.2) is 0 Å². The van der Waals surface area contributed by atoms with E-state index in [1.165, 1.54) is 0 Å². The fourth-order valence-corrected chi connectivity index (χ4v) is 2.27. The van der Waals surface area contributed by atoms with Crippen LogP contribution in [0.5, 0.6) is 0 Å². The number of hydrogen-bond acceptors (Lipinski definition) is 2. The number of aliphatic carboxylic acids is 1. The topological polar surface area (TPSA) is 57.5 Å². The number of aliphatic hydroxyl groups is 1. The number of carboxylic acids is 1. The first-order valence-electron chi connectivity index (χ1n) is 6.14. The van der Waals surface area contributed by atoms with Crippen LogP contribution in [0.4, 0.5) is 0 Å². The smallest absolute Gasteiger partial charge is 0.304 e. The molecule has 0 spiro atoms. The molecule has 3 nitrogen and oxygen atoms in total. The highest BCUT2D eigenvalue weighted by molar-refractivity contribution is 5.69. The number of benzene rings is 1. The van der Waals surface area contributed by atoms with Gasteiger partial charge in [0.05, 0.1) is 12.0 Å². The fraction of sp³-hybridized carbons (Fsp3) is 0.533. The minimum Gasteiger partial charge on any atom is -0.481 e. The predicted molar refractivity (Wildman–Crippen MR) is 71.7 cm³/mol. The van der Waals surface area contributed by atoms with Crippen LogP contribution < -0.4 is 0 Å². The summed E-state index contributed by atoms with van der Waals surface area (Å²) < 4.78 is 0. The van der Waals surface area contributed by atoms with Gasteiger partial charge in [-0.05, 0) is 25.0 Å². The molecule has 0 atom stereocenters. The number of hydrogen-bond donors (Lipinski definition) is 2. The van der Waals surface area contributed by atoms with Crippen molar-refractivity contribution in [3.63, 3.8) is 0 Å². The van der Waals surface area contributed by atoms with Crippen molar-refractivity contribution in [1.29, 1.82) is 0 Å². The van der Waals surface area contributed by atoms with E-state index in [4.69, 9.17) is 5.11 Å². The van der Waals surface area contributed by atoms with E-state index in [2.05, 4.69) is 0 Å². The lowest BCUT2D eigenvalue weighted by Gasteiger charge is -2.28. The highest BCUT2D eigenvalue weighted by atomic mass is 16.4. The monoisotopic (exact) mass is 250 g/mol. The summed E-state index contributed by atoms with van der Waals surface area (Å²) >= 11 is 0. The Balaban J connectivity index is 3.12. The largest absolute Gasteiger partial charge is 0.481 e. The molecule has 1 aromatic carbocycles. The van der Waals surface area contributed by atoms with Gasteiger partial charge in [-0.1, -0.05) is 38.1 Å². The van der Waals surface area contributed by atoms with Crippen LogP contribution in [0, 0.1) is 0 Å². The molecule has 0 aliphatic carbocycles. The van der Waals surface area contributed by atoms with Crippen molar-refractivity contribution in [2.45, 2.75) is 51.6 Å². The molecule has 0 radical (unpaired) electrons. The van der Waals surface area contributed by atoms with Crippen molar-refractivity contribution in [3.8, 4) is 0 Å². The average molecular weight is 250 g/mol. The van der Waals surface area contributed by atoms with E-state index < -0.39 is 17.0 Å². The van der Waals surface area contributed by atoms with Crippen LogP contribution in [-0.4, -0.2) is 21.8 Å². The lowest BCUT2D eigenvalue weighted by atomic mass is 9.77. The number of carbonyl (C=O) groups is 1. The molecule has 0 saturated carbocycles. The van der Waals surface area contributed by atoms with Crippen LogP contribution in [0.15, 0.2) is 24.3 Å². The van der Waals surface area contributed by atoms with E-state index in [1.807, 2.05) is 38.1 Å². The average Bonchev–Trinajstić information content (AvgIpc) is 2.13. The lowest BCUT2D eigenvalue weighted by molar-refractivity contribution is -0.138. The molecule has 0 aromatic heterocycles. The highest BCUT2D eigenvalue weighted by Crippen LogP contribution is 2.31. The predicted octanol–water partition coefficient (Wildman–Crippen LogP) is 2.75. The van der Waals surface area contributed by atoms with Crippen LogP contribution in [-0.2, 0) is 16.6 Å². The second-order valence-corrected chi connectivity index (χ2v) is 6.10. The number of rotatable bonds is 5.